The molecule has 0 saturated carbocycles. The first-order chi connectivity index (χ1) is 14.5. The Bertz CT molecular complexity index is 1080. The number of alkyl halides is 3. The maximum Gasteiger partial charge on any atom is 0.416 e. The van der Waals surface area contributed by atoms with Gasteiger partial charge in [0.05, 0.1) is 17.3 Å². The Kier molecular flexibility index (Phi) is 6.27. The van der Waals surface area contributed by atoms with Gasteiger partial charge in [-0.1, -0.05) is 0 Å². The Balaban J connectivity index is 0.00000289. The van der Waals surface area contributed by atoms with Gasteiger partial charge < -0.3 is 10.6 Å². The van der Waals surface area contributed by atoms with Gasteiger partial charge in [-0.3, -0.25) is 19.9 Å². The number of likely N-dealkylation sites (N-methyl/N-ethyl adjacent to an activating group) is 1. The molecule has 10 heteroatoms. The molecule has 2 aliphatic heterocycles. The minimum atomic E-state index is -4.55. The molecule has 4 rings (SSSR count). The second-order valence-electron chi connectivity index (χ2n) is 8.34. The molecule has 3 N–H and O–H groups in total. The molecule has 0 aliphatic carbocycles. The molecule has 6 nitrogen and oxygen atoms in total. The van der Waals surface area contributed by atoms with Crippen LogP contribution in [0, 0.1) is 6.92 Å². The van der Waals surface area contributed by atoms with Gasteiger partial charge in [-0.2, -0.15) is 13.2 Å². The summed E-state index contributed by atoms with van der Waals surface area (Å²) >= 11 is 0. The number of nitrogens with zero attached hydrogens (tertiary/aromatic N) is 2. The van der Waals surface area contributed by atoms with Crippen molar-refractivity contribution in [3.05, 3.63) is 52.8 Å². The van der Waals surface area contributed by atoms with Gasteiger partial charge in [0.15, 0.2) is 0 Å². The zero-order valence-electron chi connectivity index (χ0n) is 17.6. The smallest absolute Gasteiger partial charge is 0.366 e. The number of amides is 2. The highest BCUT2D eigenvalue weighted by atomic mass is 35.5. The van der Waals surface area contributed by atoms with Crippen LogP contribution < -0.4 is 11.1 Å². The third-order valence-electron chi connectivity index (χ3n) is 6.19. The molecule has 0 unspecified atom stereocenters. The number of hydrogen-bond acceptors (Lipinski definition) is 4. The topological polar surface area (TPSA) is 88.3 Å². The van der Waals surface area contributed by atoms with Crippen molar-refractivity contribution < 1.29 is 22.8 Å². The van der Waals surface area contributed by atoms with Gasteiger partial charge in [0.2, 0.25) is 11.8 Å². The van der Waals surface area contributed by atoms with Crippen molar-refractivity contribution in [2.24, 2.45) is 5.73 Å². The van der Waals surface area contributed by atoms with Crippen molar-refractivity contribution in [2.45, 2.75) is 43.9 Å². The van der Waals surface area contributed by atoms with E-state index in [9.17, 15) is 22.8 Å². The van der Waals surface area contributed by atoms with Gasteiger partial charge in [-0.05, 0) is 67.6 Å². The number of hydrogen-bond donors (Lipinski definition) is 2. The number of aryl methyl sites for hydroxylation is 1. The van der Waals surface area contributed by atoms with E-state index in [1.54, 1.807) is 31.0 Å². The number of halogens is 4. The zero-order chi connectivity index (χ0) is 22.6. The summed E-state index contributed by atoms with van der Waals surface area (Å²) in [6.07, 6.45) is -2.50. The van der Waals surface area contributed by atoms with Crippen molar-refractivity contribution in [3.63, 3.8) is 0 Å². The first-order valence-corrected chi connectivity index (χ1v) is 10.0. The molecule has 2 amide bonds. The van der Waals surface area contributed by atoms with Crippen LogP contribution in [-0.4, -0.2) is 40.8 Å². The van der Waals surface area contributed by atoms with Crippen LogP contribution in [0.2, 0.25) is 0 Å². The summed E-state index contributed by atoms with van der Waals surface area (Å²) in [5.41, 5.74) is 5.72. The maximum atomic E-state index is 13.3. The molecule has 172 valence electrons. The van der Waals surface area contributed by atoms with E-state index in [4.69, 9.17) is 5.73 Å². The number of nitrogens with two attached hydrogens (primary N) is 1. The van der Waals surface area contributed by atoms with E-state index in [1.165, 1.54) is 0 Å². The minimum absolute atomic E-state index is 0. The lowest BCUT2D eigenvalue weighted by molar-refractivity contribution is -0.137. The van der Waals surface area contributed by atoms with Crippen LogP contribution in [0.4, 0.5) is 13.2 Å². The van der Waals surface area contributed by atoms with Crippen LogP contribution in [-0.2, 0) is 11.0 Å². The van der Waals surface area contributed by atoms with Gasteiger partial charge >= 0.3 is 6.18 Å². The van der Waals surface area contributed by atoms with E-state index in [0.29, 0.717) is 42.8 Å². The summed E-state index contributed by atoms with van der Waals surface area (Å²) < 4.78 is 39.9. The van der Waals surface area contributed by atoms with Crippen LogP contribution >= 0.6 is 12.4 Å². The van der Waals surface area contributed by atoms with Gasteiger partial charge in [0.1, 0.15) is 5.54 Å². The Morgan fingerprint density at radius 1 is 1.25 bits per heavy atom. The van der Waals surface area contributed by atoms with E-state index < -0.39 is 23.2 Å². The molecule has 2 fully saturated rings. The predicted octanol–water partition coefficient (Wildman–Crippen LogP) is 3.62. The van der Waals surface area contributed by atoms with Gasteiger partial charge in [-0.25, -0.2) is 0 Å². The Morgan fingerprint density at radius 3 is 2.56 bits per heavy atom. The highest BCUT2D eigenvalue weighted by molar-refractivity contribution is 6.00. The molecule has 0 bridgehead atoms. The Morgan fingerprint density at radius 2 is 1.97 bits per heavy atom. The lowest BCUT2D eigenvalue weighted by Gasteiger charge is -2.23. The molecule has 0 radical (unpaired) electrons. The molecule has 1 aromatic heterocycles. The third-order valence-corrected chi connectivity index (χ3v) is 6.19. The summed E-state index contributed by atoms with van der Waals surface area (Å²) in [4.78, 5) is 30.7. The third kappa shape index (κ3) is 4.19. The highest BCUT2D eigenvalue weighted by Crippen LogP contribution is 2.40. The lowest BCUT2D eigenvalue weighted by Crippen LogP contribution is -2.47. The zero-order valence-corrected chi connectivity index (χ0v) is 18.4. The van der Waals surface area contributed by atoms with Crippen molar-refractivity contribution in [2.75, 3.05) is 13.6 Å². The first kappa shape index (κ1) is 24.0. The number of likely N-dealkylation sites (tertiary alicyclic amines) is 1. The normalized spacial score (nSPS) is 23.0. The van der Waals surface area contributed by atoms with Crippen molar-refractivity contribution in [1.29, 1.82) is 0 Å². The van der Waals surface area contributed by atoms with Gasteiger partial charge in [-0.15, -0.1) is 12.4 Å². The molecular formula is C22H24ClF3N4O2. The van der Waals surface area contributed by atoms with Crippen LogP contribution in [0.15, 0.2) is 30.3 Å². The number of nitrogens with one attached hydrogen (secondary N) is 1. The molecule has 2 saturated heterocycles. The monoisotopic (exact) mass is 468 g/mol. The van der Waals surface area contributed by atoms with Crippen LogP contribution in [0.1, 0.15) is 52.6 Å². The number of carbonyl (C=O) groups is 2. The number of benzene rings is 1. The number of primary amides is 1. The molecule has 1 aromatic carbocycles. The van der Waals surface area contributed by atoms with E-state index in [2.05, 4.69) is 10.3 Å². The number of aromatic nitrogens is 1. The Hall–Kier alpha value is -2.65. The molecule has 32 heavy (non-hydrogen) atoms. The summed E-state index contributed by atoms with van der Waals surface area (Å²) in [6, 6.07) is 5.99. The Labute approximate surface area is 189 Å². The van der Waals surface area contributed by atoms with Crippen molar-refractivity contribution >= 4 is 24.2 Å². The average Bonchev–Trinajstić information content (AvgIpc) is 3.26. The van der Waals surface area contributed by atoms with Gasteiger partial charge in [0.25, 0.3) is 0 Å². The predicted molar refractivity (Wildman–Crippen MR) is 115 cm³/mol. The fourth-order valence-corrected chi connectivity index (χ4v) is 4.59. The van der Waals surface area contributed by atoms with Crippen molar-refractivity contribution in [1.82, 2.24) is 15.2 Å². The summed E-state index contributed by atoms with van der Waals surface area (Å²) in [7, 11) is 1.77. The largest absolute Gasteiger partial charge is 0.416 e. The molecule has 1 spiro atoms. The molecule has 2 atom stereocenters. The quantitative estimate of drug-likeness (QED) is 0.720. The van der Waals surface area contributed by atoms with Gasteiger partial charge in [0, 0.05) is 24.8 Å². The highest BCUT2D eigenvalue weighted by Gasteiger charge is 2.50. The summed E-state index contributed by atoms with van der Waals surface area (Å²) in [5, 5.41) is 3.42. The number of pyridine rings is 1. The fourth-order valence-electron chi connectivity index (χ4n) is 4.59. The second kappa shape index (κ2) is 8.37. The summed E-state index contributed by atoms with van der Waals surface area (Å²) in [6.45, 7) is 2.42. The van der Waals surface area contributed by atoms with E-state index in [0.717, 1.165) is 18.2 Å². The number of carbonyl (C=O) groups excluding carboxylic acids is 2. The van der Waals surface area contributed by atoms with E-state index >= 15 is 0 Å². The first-order valence-electron chi connectivity index (χ1n) is 10.0. The van der Waals surface area contributed by atoms with Crippen LogP contribution in [0.5, 0.6) is 0 Å². The van der Waals surface area contributed by atoms with E-state index in [1.807, 2.05) is 0 Å². The molecule has 3 heterocycles. The van der Waals surface area contributed by atoms with Crippen LogP contribution in [0.3, 0.4) is 0 Å². The summed E-state index contributed by atoms with van der Waals surface area (Å²) in [5.74, 6) is -0.756. The molecular weight excluding hydrogens is 445 g/mol. The number of rotatable bonds is 3. The van der Waals surface area contributed by atoms with Crippen LogP contribution in [0.25, 0.3) is 11.1 Å². The lowest BCUT2D eigenvalue weighted by atomic mass is 9.95. The van der Waals surface area contributed by atoms with Crippen molar-refractivity contribution in [3.8, 4) is 11.1 Å². The molecule has 2 aromatic rings. The SMILES string of the molecule is Cc1cc(-c2cc(C(F)(F)F)ccc2C(N)=O)cc([C@@H]2CC[C@@]3(CCN(C)C3=O)N2)n1.Cl. The second-order valence-corrected chi connectivity index (χ2v) is 8.34. The standard InChI is InChI=1S/C22H23F3N4O2.ClH/c1-12-9-13(16-11-14(22(23,24)25)3-4-15(16)19(26)30)10-18(27-12)17-5-6-21(28-17)7-8-29(2)20(21)31;/h3-4,9-11,17,28H,5-8H2,1-2H3,(H2,26,30);1H/t17-,21-;/m0./s1. The average molecular weight is 469 g/mol. The molecule has 2 aliphatic rings. The minimum Gasteiger partial charge on any atom is -0.366 e. The van der Waals surface area contributed by atoms with E-state index in [-0.39, 0.29) is 35.5 Å². The fraction of sp³-hybridized carbons (Fsp3) is 0.409. The maximum absolute atomic E-state index is 13.3.